The highest BCUT2D eigenvalue weighted by atomic mass is 32.1. The largest absolute Gasteiger partial charge is 0.311 e. The van der Waals surface area contributed by atoms with Crippen molar-refractivity contribution in [3.05, 3.63) is 74.2 Å². The van der Waals surface area contributed by atoms with Gasteiger partial charge in [0.2, 0.25) is 0 Å². The molecule has 5 heterocycles. The Labute approximate surface area is 260 Å². The van der Waals surface area contributed by atoms with Gasteiger partial charge in [0.25, 0.3) is 5.70 Å². The molecule has 4 nitrogen and oxygen atoms in total. The van der Waals surface area contributed by atoms with Gasteiger partial charge in [-0.3, -0.25) is 4.85 Å². The highest BCUT2D eigenvalue weighted by molar-refractivity contribution is 7.35. The van der Waals surface area contributed by atoms with Gasteiger partial charge >= 0.3 is 6.04 Å². The van der Waals surface area contributed by atoms with Gasteiger partial charge < -0.3 is 0 Å². The summed E-state index contributed by atoms with van der Waals surface area (Å²) in [5, 5.41) is 18.6. The SMILES string of the molecule is [C-]#[N+]/C(C#N)=C/c1ccc(-c2cc3sc(-c4cc5sc(CC(CC)CCCC)c(CC(C#N)[N+]#[C-])c5s4)cc3s2)s1. The molecule has 0 saturated carbocycles. The van der Waals surface area contributed by atoms with Crippen LogP contribution < -0.4 is 0 Å². The van der Waals surface area contributed by atoms with Gasteiger partial charge in [0.1, 0.15) is 0 Å². The van der Waals surface area contributed by atoms with E-state index >= 15 is 0 Å². The zero-order valence-corrected chi connectivity index (χ0v) is 26.8. The Morgan fingerprint density at radius 1 is 0.902 bits per heavy atom. The average Bonchev–Trinajstić information content (AvgIpc) is 3.79. The molecule has 41 heavy (non-hydrogen) atoms. The first-order chi connectivity index (χ1) is 20.0. The number of allylic oxidation sites excluding steroid dienone is 1. The van der Waals surface area contributed by atoms with Gasteiger partial charge in [-0.05, 0) is 54.3 Å². The van der Waals surface area contributed by atoms with E-state index in [9.17, 15) is 5.26 Å². The molecule has 5 aromatic heterocycles. The van der Waals surface area contributed by atoms with Gasteiger partial charge in [-0.1, -0.05) is 39.5 Å². The predicted octanol–water partition coefficient (Wildman–Crippen LogP) is 11.5. The minimum absolute atomic E-state index is 0.0974. The van der Waals surface area contributed by atoms with Crippen LogP contribution in [0.3, 0.4) is 0 Å². The van der Waals surface area contributed by atoms with Crippen LogP contribution in [0, 0.1) is 41.7 Å². The van der Waals surface area contributed by atoms with E-state index in [1.54, 1.807) is 51.4 Å². The molecule has 0 radical (unpaired) electrons. The van der Waals surface area contributed by atoms with E-state index in [2.05, 4.69) is 53.9 Å². The van der Waals surface area contributed by atoms with Crippen LogP contribution in [0.1, 0.15) is 54.8 Å². The van der Waals surface area contributed by atoms with Crippen molar-refractivity contribution >= 4 is 81.6 Å². The van der Waals surface area contributed by atoms with Crippen LogP contribution in [-0.2, 0) is 12.8 Å². The molecule has 204 valence electrons. The molecule has 0 aliphatic carbocycles. The number of hydrogen-bond donors (Lipinski definition) is 0. The summed E-state index contributed by atoms with van der Waals surface area (Å²) in [6.45, 7) is 19.1. The van der Waals surface area contributed by atoms with E-state index in [0.717, 1.165) is 22.6 Å². The fourth-order valence-corrected chi connectivity index (χ4v) is 11.2. The zero-order chi connectivity index (χ0) is 28.9. The maximum Gasteiger partial charge on any atom is 0.311 e. The second-order valence-electron chi connectivity index (χ2n) is 9.81. The van der Waals surface area contributed by atoms with Crippen molar-refractivity contribution in [3.63, 3.8) is 0 Å². The molecule has 9 heteroatoms. The Kier molecular flexibility index (Phi) is 9.36. The lowest BCUT2D eigenvalue weighted by molar-refractivity contribution is 0.451. The van der Waals surface area contributed by atoms with Crippen molar-refractivity contribution in [1.29, 1.82) is 10.5 Å². The number of hydrogen-bond acceptors (Lipinski definition) is 7. The van der Waals surface area contributed by atoms with Gasteiger partial charge in [-0.25, -0.2) is 16.7 Å². The molecule has 0 bridgehead atoms. The summed E-state index contributed by atoms with van der Waals surface area (Å²) in [6.07, 6.45) is 8.02. The van der Waals surface area contributed by atoms with Crippen LogP contribution in [-0.4, -0.2) is 6.04 Å². The van der Waals surface area contributed by atoms with Crippen LogP contribution >= 0.6 is 56.7 Å². The third-order valence-electron chi connectivity index (χ3n) is 7.10. The zero-order valence-electron chi connectivity index (χ0n) is 22.7. The number of fused-ring (bicyclic) bond motifs is 2. The van der Waals surface area contributed by atoms with Crippen molar-refractivity contribution in [3.8, 4) is 31.6 Å². The molecular formula is C32H26N4S5. The van der Waals surface area contributed by atoms with E-state index in [1.165, 1.54) is 63.1 Å². The smallest absolute Gasteiger partial charge is 0.297 e. The Morgan fingerprint density at radius 2 is 1.61 bits per heavy atom. The lowest BCUT2D eigenvalue weighted by Gasteiger charge is -2.14. The topological polar surface area (TPSA) is 56.3 Å². The van der Waals surface area contributed by atoms with Gasteiger partial charge in [-0.15, -0.1) is 56.7 Å². The maximum absolute atomic E-state index is 9.56. The molecule has 0 saturated heterocycles. The van der Waals surface area contributed by atoms with Crippen LogP contribution in [0.2, 0.25) is 0 Å². The Morgan fingerprint density at radius 3 is 2.24 bits per heavy atom. The molecule has 0 N–H and O–H groups in total. The first kappa shape index (κ1) is 29.2. The summed E-state index contributed by atoms with van der Waals surface area (Å²) >= 11 is 8.83. The van der Waals surface area contributed by atoms with Crippen LogP contribution in [0.5, 0.6) is 0 Å². The van der Waals surface area contributed by atoms with E-state index in [1.807, 2.05) is 23.5 Å². The van der Waals surface area contributed by atoms with E-state index in [0.29, 0.717) is 12.3 Å². The van der Waals surface area contributed by atoms with Crippen molar-refractivity contribution < 1.29 is 0 Å². The highest BCUT2D eigenvalue weighted by Gasteiger charge is 2.24. The van der Waals surface area contributed by atoms with Crippen LogP contribution in [0.4, 0.5) is 0 Å². The quantitative estimate of drug-likeness (QED) is 0.108. The summed E-state index contributed by atoms with van der Waals surface area (Å²) in [5.41, 5.74) is 1.32. The first-order valence-electron chi connectivity index (χ1n) is 13.4. The second-order valence-corrected chi connectivity index (χ2v) is 15.3. The van der Waals surface area contributed by atoms with Gasteiger partial charge in [0.15, 0.2) is 6.07 Å². The number of thiophene rings is 5. The molecule has 5 aromatic rings. The second kappa shape index (κ2) is 13.1. The lowest BCUT2D eigenvalue weighted by Crippen LogP contribution is -2.07. The Bertz CT molecular complexity index is 1840. The molecule has 0 spiro atoms. The standard InChI is InChI=1S/C32H26N4S5/c1-5-7-8-19(6-2)11-25-23(13-21(18-34)36-4)32-31(38-25)16-30(41-32)29-15-28-27(40-29)14-26(39-28)24-10-9-22(37-24)12-20(17-33)35-3/h9-10,12,14-16,19,21H,5-8,11,13H2,1-2H3/b20-12+. The minimum atomic E-state index is -0.639. The molecule has 0 aromatic carbocycles. The summed E-state index contributed by atoms with van der Waals surface area (Å²) in [6, 6.07) is 14.3. The molecule has 5 rings (SSSR count). The number of rotatable bonds is 11. The Balaban J connectivity index is 1.44. The van der Waals surface area contributed by atoms with Gasteiger partial charge in [0.05, 0.1) is 19.1 Å². The van der Waals surface area contributed by atoms with E-state index in [4.69, 9.17) is 18.4 Å². The molecule has 2 unspecified atom stereocenters. The summed E-state index contributed by atoms with van der Waals surface area (Å²) in [5.74, 6) is 0.643. The van der Waals surface area contributed by atoms with Crippen molar-refractivity contribution in [2.45, 2.75) is 58.4 Å². The third kappa shape index (κ3) is 6.32. The molecule has 0 amide bonds. The fourth-order valence-electron chi connectivity index (χ4n) is 4.86. The van der Waals surface area contributed by atoms with E-state index in [-0.39, 0.29) is 5.70 Å². The van der Waals surface area contributed by atoms with Gasteiger partial charge in [0, 0.05) is 48.1 Å². The van der Waals surface area contributed by atoms with Crippen molar-refractivity contribution in [2.75, 3.05) is 0 Å². The summed E-state index contributed by atoms with van der Waals surface area (Å²) in [7, 11) is 0. The summed E-state index contributed by atoms with van der Waals surface area (Å²) < 4.78 is 5.03. The molecular weight excluding hydrogens is 601 g/mol. The fraction of sp³-hybridized carbons (Fsp3) is 0.312. The number of nitriles is 2. The number of unbranched alkanes of at least 4 members (excludes halogenated alkanes) is 1. The van der Waals surface area contributed by atoms with E-state index < -0.39 is 6.04 Å². The number of nitrogens with zero attached hydrogens (tertiary/aromatic N) is 4. The molecule has 0 fully saturated rings. The monoisotopic (exact) mass is 626 g/mol. The van der Waals surface area contributed by atoms with Crippen LogP contribution in [0.15, 0.2) is 36.0 Å². The molecule has 0 aliphatic heterocycles. The van der Waals surface area contributed by atoms with Gasteiger partial charge in [-0.2, -0.15) is 5.26 Å². The van der Waals surface area contributed by atoms with Crippen LogP contribution in [0.25, 0.3) is 54.1 Å². The third-order valence-corrected chi connectivity index (χ3v) is 13.3. The first-order valence-corrected chi connectivity index (χ1v) is 17.5. The lowest BCUT2D eigenvalue weighted by atomic mass is 9.93. The molecule has 0 aliphatic rings. The Hall–Kier alpha value is -3.28. The highest BCUT2D eigenvalue weighted by Crippen LogP contribution is 2.48. The van der Waals surface area contributed by atoms with Crippen molar-refractivity contribution in [1.82, 2.24) is 0 Å². The normalized spacial score (nSPS) is 13.1. The van der Waals surface area contributed by atoms with Crippen molar-refractivity contribution in [2.24, 2.45) is 5.92 Å². The predicted molar refractivity (Wildman–Crippen MR) is 179 cm³/mol. The molecule has 2 atom stereocenters. The minimum Gasteiger partial charge on any atom is -0.297 e. The average molecular weight is 627 g/mol. The summed E-state index contributed by atoms with van der Waals surface area (Å²) in [4.78, 5) is 14.0. The maximum atomic E-state index is 9.56.